The van der Waals surface area contributed by atoms with E-state index < -0.39 is 5.97 Å². The largest absolute Gasteiger partial charge is 0.460 e. The second kappa shape index (κ2) is 8.67. The first-order chi connectivity index (χ1) is 11.5. The van der Waals surface area contributed by atoms with Crippen molar-refractivity contribution in [3.05, 3.63) is 71.8 Å². The van der Waals surface area contributed by atoms with E-state index >= 15 is 0 Å². The molecule has 24 heavy (non-hydrogen) atoms. The minimum atomic E-state index is -0.517. The van der Waals surface area contributed by atoms with E-state index in [4.69, 9.17) is 4.74 Å². The van der Waals surface area contributed by atoms with Gasteiger partial charge in [0.15, 0.2) is 5.78 Å². The number of ether oxygens (including phenoxy) is 1. The van der Waals surface area contributed by atoms with Crippen LogP contribution in [0.15, 0.2) is 60.7 Å². The Kier molecular flexibility index (Phi) is 6.32. The molecular formula is C20H21NO3. The molecule has 0 unspecified atom stereocenters. The number of allylic oxidation sites excluding steroid dienone is 1. The molecule has 4 nitrogen and oxygen atoms in total. The third kappa shape index (κ3) is 5.72. The van der Waals surface area contributed by atoms with Crippen LogP contribution >= 0.6 is 0 Å². The molecule has 0 amide bonds. The number of ketones is 1. The highest BCUT2D eigenvalue weighted by Crippen LogP contribution is 2.13. The minimum Gasteiger partial charge on any atom is -0.460 e. The molecule has 0 bridgehead atoms. The van der Waals surface area contributed by atoms with Crippen molar-refractivity contribution in [2.24, 2.45) is 0 Å². The van der Waals surface area contributed by atoms with Crippen molar-refractivity contribution in [2.75, 3.05) is 19.0 Å². The molecule has 0 N–H and O–H groups in total. The van der Waals surface area contributed by atoms with Gasteiger partial charge in [0.1, 0.15) is 13.0 Å². The van der Waals surface area contributed by atoms with Gasteiger partial charge in [-0.1, -0.05) is 48.5 Å². The van der Waals surface area contributed by atoms with Crippen molar-refractivity contribution in [3.63, 3.8) is 0 Å². The highest BCUT2D eigenvalue weighted by Gasteiger charge is 2.08. The van der Waals surface area contributed by atoms with Crippen molar-refractivity contribution in [1.82, 2.24) is 0 Å². The number of nitrogens with zero attached hydrogens (tertiary/aromatic N) is 1. The maximum absolute atomic E-state index is 11.8. The van der Waals surface area contributed by atoms with Crippen LogP contribution in [-0.4, -0.2) is 25.8 Å². The Hall–Kier alpha value is -2.88. The third-order valence-electron chi connectivity index (χ3n) is 3.43. The van der Waals surface area contributed by atoms with Gasteiger partial charge in [-0.25, -0.2) is 0 Å². The number of carbonyl (C=O) groups excluding carboxylic acids is 2. The van der Waals surface area contributed by atoms with Crippen LogP contribution in [0.5, 0.6) is 0 Å². The van der Waals surface area contributed by atoms with E-state index in [9.17, 15) is 9.59 Å². The summed E-state index contributed by atoms with van der Waals surface area (Å²) in [6.45, 7) is 0.183. The van der Waals surface area contributed by atoms with Crippen molar-refractivity contribution in [1.29, 1.82) is 0 Å². The predicted octanol–water partition coefficient (Wildman–Crippen LogP) is 3.47. The zero-order valence-electron chi connectivity index (χ0n) is 13.9. The molecule has 0 aromatic heterocycles. The topological polar surface area (TPSA) is 46.6 Å². The van der Waals surface area contributed by atoms with E-state index in [-0.39, 0.29) is 18.8 Å². The maximum atomic E-state index is 11.8. The highest BCUT2D eigenvalue weighted by molar-refractivity contribution is 6.03. The molecule has 4 heteroatoms. The first kappa shape index (κ1) is 17.5. The van der Waals surface area contributed by atoms with Crippen LogP contribution in [0.3, 0.4) is 0 Å². The summed E-state index contributed by atoms with van der Waals surface area (Å²) in [4.78, 5) is 25.5. The fourth-order valence-electron chi connectivity index (χ4n) is 2.06. The van der Waals surface area contributed by atoms with E-state index in [1.165, 1.54) is 6.08 Å². The Morgan fingerprint density at radius 1 is 1.00 bits per heavy atom. The average molecular weight is 323 g/mol. The van der Waals surface area contributed by atoms with Gasteiger partial charge in [0.05, 0.1) is 0 Å². The molecular weight excluding hydrogens is 302 g/mol. The molecule has 2 aromatic carbocycles. The van der Waals surface area contributed by atoms with Crippen molar-refractivity contribution in [2.45, 2.75) is 13.0 Å². The van der Waals surface area contributed by atoms with Gasteiger partial charge in [0, 0.05) is 19.8 Å². The molecule has 0 aliphatic carbocycles. The van der Waals surface area contributed by atoms with E-state index in [1.807, 2.05) is 73.6 Å². The number of hydrogen-bond acceptors (Lipinski definition) is 4. The summed E-state index contributed by atoms with van der Waals surface area (Å²) >= 11 is 0. The summed E-state index contributed by atoms with van der Waals surface area (Å²) in [6.07, 6.45) is 2.86. The van der Waals surface area contributed by atoms with Crippen molar-refractivity contribution in [3.8, 4) is 0 Å². The number of hydrogen-bond donors (Lipinski definition) is 0. The van der Waals surface area contributed by atoms with Crippen LogP contribution in [-0.2, 0) is 20.9 Å². The molecule has 0 saturated heterocycles. The summed E-state index contributed by atoms with van der Waals surface area (Å²) in [6, 6.07) is 17.2. The van der Waals surface area contributed by atoms with Gasteiger partial charge in [-0.2, -0.15) is 0 Å². The minimum absolute atomic E-state index is 0.183. The average Bonchev–Trinajstić information content (AvgIpc) is 2.59. The first-order valence-electron chi connectivity index (χ1n) is 7.72. The Balaban J connectivity index is 1.80. The van der Waals surface area contributed by atoms with Crippen LogP contribution in [0.1, 0.15) is 17.5 Å². The fourth-order valence-corrected chi connectivity index (χ4v) is 2.06. The van der Waals surface area contributed by atoms with Crippen molar-refractivity contribution < 1.29 is 14.3 Å². The Labute approximate surface area is 142 Å². The Morgan fingerprint density at radius 3 is 2.29 bits per heavy atom. The fraction of sp³-hybridized carbons (Fsp3) is 0.200. The maximum Gasteiger partial charge on any atom is 0.314 e. The third-order valence-corrected chi connectivity index (χ3v) is 3.43. The van der Waals surface area contributed by atoms with Crippen LogP contribution < -0.4 is 4.90 Å². The lowest BCUT2D eigenvalue weighted by Crippen LogP contribution is -2.09. The van der Waals surface area contributed by atoms with Gasteiger partial charge in [0.2, 0.25) is 0 Å². The molecule has 2 aromatic rings. The molecule has 0 atom stereocenters. The van der Waals surface area contributed by atoms with Crippen LogP contribution in [0.4, 0.5) is 5.69 Å². The normalized spacial score (nSPS) is 10.6. The monoisotopic (exact) mass is 323 g/mol. The van der Waals surface area contributed by atoms with E-state index in [2.05, 4.69) is 0 Å². The quantitative estimate of drug-likeness (QED) is 0.445. The standard InChI is InChI=1S/C20H21NO3/c1-21(2)18-11-8-16(9-12-18)10-13-19(22)14-20(23)24-15-17-6-4-3-5-7-17/h3-13H,14-15H2,1-2H3. The zero-order valence-corrected chi connectivity index (χ0v) is 13.9. The van der Waals surface area contributed by atoms with Gasteiger partial charge in [-0.3, -0.25) is 9.59 Å². The Morgan fingerprint density at radius 2 is 1.67 bits per heavy atom. The van der Waals surface area contributed by atoms with Gasteiger partial charge < -0.3 is 9.64 Å². The zero-order chi connectivity index (χ0) is 17.4. The second-order valence-corrected chi connectivity index (χ2v) is 5.61. The van der Waals surface area contributed by atoms with Crippen LogP contribution in [0.25, 0.3) is 6.08 Å². The molecule has 0 fully saturated rings. The summed E-state index contributed by atoms with van der Waals surface area (Å²) in [7, 11) is 3.94. The van der Waals surface area contributed by atoms with E-state index in [0.717, 1.165) is 16.8 Å². The SMILES string of the molecule is CN(C)c1ccc(C=CC(=O)CC(=O)OCc2ccccc2)cc1. The molecule has 0 heterocycles. The molecule has 124 valence electrons. The molecule has 0 aliphatic rings. The number of carbonyl (C=O) groups is 2. The lowest BCUT2D eigenvalue weighted by atomic mass is 10.1. The molecule has 0 aliphatic heterocycles. The summed E-state index contributed by atoms with van der Waals surface area (Å²) in [5.41, 5.74) is 2.89. The van der Waals surface area contributed by atoms with E-state index in [1.54, 1.807) is 6.08 Å². The molecule has 0 spiro atoms. The van der Waals surface area contributed by atoms with Gasteiger partial charge >= 0.3 is 5.97 Å². The van der Waals surface area contributed by atoms with Crippen molar-refractivity contribution >= 4 is 23.5 Å². The summed E-state index contributed by atoms with van der Waals surface area (Å²) in [5, 5.41) is 0. The van der Waals surface area contributed by atoms with Gasteiger partial charge in [-0.15, -0.1) is 0 Å². The second-order valence-electron chi connectivity index (χ2n) is 5.61. The smallest absolute Gasteiger partial charge is 0.314 e. The molecule has 0 saturated carbocycles. The predicted molar refractivity (Wildman–Crippen MR) is 95.7 cm³/mol. The van der Waals surface area contributed by atoms with Crippen LogP contribution in [0, 0.1) is 0 Å². The summed E-state index contributed by atoms with van der Waals surface area (Å²) < 4.78 is 5.09. The molecule has 2 rings (SSSR count). The van der Waals surface area contributed by atoms with Gasteiger partial charge in [-0.05, 0) is 29.3 Å². The van der Waals surface area contributed by atoms with Crippen LogP contribution in [0.2, 0.25) is 0 Å². The highest BCUT2D eigenvalue weighted by atomic mass is 16.5. The number of benzene rings is 2. The number of rotatable bonds is 7. The number of esters is 1. The van der Waals surface area contributed by atoms with E-state index in [0.29, 0.717) is 0 Å². The van der Waals surface area contributed by atoms with Gasteiger partial charge in [0.25, 0.3) is 0 Å². The Bertz CT molecular complexity index is 703. The first-order valence-corrected chi connectivity index (χ1v) is 7.72. The lowest BCUT2D eigenvalue weighted by molar-refractivity contribution is -0.146. The lowest BCUT2D eigenvalue weighted by Gasteiger charge is -2.11. The molecule has 0 radical (unpaired) electrons. The summed E-state index contributed by atoms with van der Waals surface area (Å²) in [5.74, 6) is -0.791. The number of anilines is 1.